The summed E-state index contributed by atoms with van der Waals surface area (Å²) in [7, 11) is 0. The summed E-state index contributed by atoms with van der Waals surface area (Å²) in [6.45, 7) is 3.93. The van der Waals surface area contributed by atoms with Crippen molar-refractivity contribution in [3.05, 3.63) is 15.6 Å². The fourth-order valence-electron chi connectivity index (χ4n) is 2.59. The lowest BCUT2D eigenvalue weighted by atomic mass is 9.85. The van der Waals surface area contributed by atoms with Crippen molar-refractivity contribution in [3.8, 4) is 0 Å². The van der Waals surface area contributed by atoms with Crippen LogP contribution in [0.25, 0.3) is 0 Å². The third-order valence-corrected chi connectivity index (χ3v) is 4.64. The highest BCUT2D eigenvalue weighted by molar-refractivity contribution is 7.13. The fourth-order valence-corrected chi connectivity index (χ4v) is 3.42. The summed E-state index contributed by atoms with van der Waals surface area (Å²) in [5.74, 6) is 0.167. The van der Waals surface area contributed by atoms with Crippen LogP contribution in [-0.2, 0) is 0 Å². The number of hydrogen-bond acceptors (Lipinski definition) is 4. The number of thiazole rings is 1. The number of aliphatic hydroxyl groups excluding tert-OH is 1. The van der Waals surface area contributed by atoms with Crippen molar-refractivity contribution < 1.29 is 9.90 Å². The Morgan fingerprint density at radius 3 is 2.78 bits per heavy atom. The molecule has 1 amide bonds. The van der Waals surface area contributed by atoms with Crippen molar-refractivity contribution >= 4 is 17.2 Å². The summed E-state index contributed by atoms with van der Waals surface area (Å²) in [5, 5.41) is 13.3. The number of hydrogen-bond donors (Lipinski definition) is 2. The van der Waals surface area contributed by atoms with E-state index in [1.54, 1.807) is 0 Å². The summed E-state index contributed by atoms with van der Waals surface area (Å²) in [4.78, 5) is 17.2. The minimum Gasteiger partial charge on any atom is -0.396 e. The number of aromatic nitrogens is 1. The molecule has 2 rings (SSSR count). The van der Waals surface area contributed by atoms with Crippen LogP contribution in [0.5, 0.6) is 0 Å². The Bertz CT molecular complexity index is 431. The van der Waals surface area contributed by atoms with Crippen LogP contribution in [0.15, 0.2) is 0 Å². The smallest absolute Gasteiger partial charge is 0.263 e. The van der Waals surface area contributed by atoms with Gasteiger partial charge in [0.1, 0.15) is 4.88 Å². The second-order valence-corrected chi connectivity index (χ2v) is 6.16. The number of aryl methyl sites for hydroxylation is 2. The Kier molecular flexibility index (Phi) is 4.35. The molecule has 0 spiro atoms. The molecule has 2 unspecified atom stereocenters. The molecule has 1 fully saturated rings. The maximum atomic E-state index is 12.2. The molecule has 0 aliphatic heterocycles. The van der Waals surface area contributed by atoms with Gasteiger partial charge in [-0.05, 0) is 26.7 Å². The average Bonchev–Trinajstić information content (AvgIpc) is 2.69. The van der Waals surface area contributed by atoms with E-state index < -0.39 is 0 Å². The zero-order valence-electron chi connectivity index (χ0n) is 10.9. The predicted octanol–water partition coefficient (Wildman–Crippen LogP) is 2.04. The second kappa shape index (κ2) is 5.80. The molecule has 1 heterocycles. The van der Waals surface area contributed by atoms with E-state index in [-0.39, 0.29) is 24.5 Å². The largest absolute Gasteiger partial charge is 0.396 e. The van der Waals surface area contributed by atoms with Gasteiger partial charge in [-0.2, -0.15) is 0 Å². The zero-order chi connectivity index (χ0) is 13.1. The van der Waals surface area contributed by atoms with E-state index in [0.29, 0.717) is 4.88 Å². The molecule has 0 bridgehead atoms. The van der Waals surface area contributed by atoms with Crippen molar-refractivity contribution in [2.24, 2.45) is 5.92 Å². The Hall–Kier alpha value is -0.940. The molecule has 1 aromatic rings. The van der Waals surface area contributed by atoms with E-state index in [4.69, 9.17) is 0 Å². The lowest BCUT2D eigenvalue weighted by Gasteiger charge is -2.30. The van der Waals surface area contributed by atoms with Gasteiger partial charge in [0.2, 0.25) is 0 Å². The van der Waals surface area contributed by atoms with Crippen molar-refractivity contribution in [3.63, 3.8) is 0 Å². The van der Waals surface area contributed by atoms with Gasteiger partial charge >= 0.3 is 0 Å². The highest BCUT2D eigenvalue weighted by Gasteiger charge is 2.27. The summed E-state index contributed by atoms with van der Waals surface area (Å²) in [6, 6.07) is 0.109. The number of nitrogens with one attached hydrogen (secondary N) is 1. The Balaban J connectivity index is 2.04. The third-order valence-electron chi connectivity index (χ3n) is 3.57. The van der Waals surface area contributed by atoms with Crippen LogP contribution in [0.2, 0.25) is 0 Å². The minimum absolute atomic E-state index is 0.0385. The molecular weight excluding hydrogens is 248 g/mol. The van der Waals surface area contributed by atoms with Gasteiger partial charge in [-0.3, -0.25) is 4.79 Å². The molecule has 1 aliphatic rings. The first-order chi connectivity index (χ1) is 8.61. The number of carbonyl (C=O) groups excluding carboxylic acids is 1. The van der Waals surface area contributed by atoms with Crippen molar-refractivity contribution in [2.45, 2.75) is 45.6 Å². The van der Waals surface area contributed by atoms with E-state index in [1.165, 1.54) is 11.3 Å². The van der Waals surface area contributed by atoms with E-state index in [9.17, 15) is 9.90 Å². The summed E-state index contributed by atoms with van der Waals surface area (Å²) >= 11 is 1.43. The van der Waals surface area contributed by atoms with Gasteiger partial charge in [-0.1, -0.05) is 12.8 Å². The van der Waals surface area contributed by atoms with Gasteiger partial charge in [0.15, 0.2) is 0 Å². The molecule has 0 aromatic carbocycles. The Morgan fingerprint density at radius 2 is 2.17 bits per heavy atom. The van der Waals surface area contributed by atoms with Gasteiger partial charge < -0.3 is 10.4 Å². The number of carbonyl (C=O) groups is 1. The van der Waals surface area contributed by atoms with Crippen LogP contribution < -0.4 is 5.32 Å². The molecule has 4 nitrogen and oxygen atoms in total. The monoisotopic (exact) mass is 268 g/mol. The summed E-state index contributed by atoms with van der Waals surface area (Å²) in [6.07, 6.45) is 4.24. The SMILES string of the molecule is Cc1nc(C)c(C(=O)NC2CCCCC2CO)s1. The van der Waals surface area contributed by atoms with Gasteiger partial charge in [0.05, 0.1) is 10.7 Å². The Morgan fingerprint density at radius 1 is 1.44 bits per heavy atom. The maximum absolute atomic E-state index is 12.2. The standard InChI is InChI=1S/C13H20N2O2S/c1-8-12(18-9(2)14-8)13(17)15-11-6-4-3-5-10(11)7-16/h10-11,16H,3-7H2,1-2H3,(H,15,17). The lowest BCUT2D eigenvalue weighted by molar-refractivity contribution is 0.0876. The van der Waals surface area contributed by atoms with Crippen LogP contribution >= 0.6 is 11.3 Å². The van der Waals surface area contributed by atoms with Crippen LogP contribution in [0, 0.1) is 19.8 Å². The number of amides is 1. The quantitative estimate of drug-likeness (QED) is 0.882. The molecule has 1 aromatic heterocycles. The normalized spacial score (nSPS) is 23.9. The second-order valence-electron chi connectivity index (χ2n) is 4.95. The topological polar surface area (TPSA) is 62.2 Å². The minimum atomic E-state index is -0.0385. The van der Waals surface area contributed by atoms with Crippen LogP contribution in [0.1, 0.15) is 46.1 Å². The van der Waals surface area contributed by atoms with Crippen molar-refractivity contribution in [1.29, 1.82) is 0 Å². The average molecular weight is 268 g/mol. The van der Waals surface area contributed by atoms with Gasteiger partial charge in [0, 0.05) is 18.6 Å². The molecule has 2 atom stereocenters. The Labute approximate surface area is 111 Å². The van der Waals surface area contributed by atoms with E-state index in [1.807, 2.05) is 13.8 Å². The van der Waals surface area contributed by atoms with Crippen molar-refractivity contribution in [1.82, 2.24) is 10.3 Å². The van der Waals surface area contributed by atoms with Crippen molar-refractivity contribution in [2.75, 3.05) is 6.61 Å². The molecule has 1 aliphatic carbocycles. The van der Waals surface area contributed by atoms with E-state index in [2.05, 4.69) is 10.3 Å². The molecule has 18 heavy (non-hydrogen) atoms. The first kappa shape index (κ1) is 13.5. The van der Waals surface area contributed by atoms with Gasteiger partial charge in [-0.15, -0.1) is 11.3 Å². The highest BCUT2D eigenvalue weighted by Crippen LogP contribution is 2.25. The van der Waals surface area contributed by atoms with E-state index in [0.717, 1.165) is 36.4 Å². The zero-order valence-corrected chi connectivity index (χ0v) is 11.7. The molecular formula is C13H20N2O2S. The number of nitrogens with zero attached hydrogens (tertiary/aromatic N) is 1. The maximum Gasteiger partial charge on any atom is 0.263 e. The first-order valence-corrected chi connectivity index (χ1v) is 7.29. The summed E-state index contributed by atoms with van der Waals surface area (Å²) < 4.78 is 0. The molecule has 5 heteroatoms. The molecule has 1 saturated carbocycles. The first-order valence-electron chi connectivity index (χ1n) is 6.47. The van der Waals surface area contributed by atoms with Crippen LogP contribution in [-0.4, -0.2) is 28.6 Å². The third kappa shape index (κ3) is 2.90. The molecule has 0 radical (unpaired) electrons. The van der Waals surface area contributed by atoms with Crippen LogP contribution in [0.3, 0.4) is 0 Å². The molecule has 100 valence electrons. The lowest BCUT2D eigenvalue weighted by Crippen LogP contribution is -2.43. The summed E-state index contributed by atoms with van der Waals surface area (Å²) in [5.41, 5.74) is 0.798. The van der Waals surface area contributed by atoms with Crippen LogP contribution in [0.4, 0.5) is 0 Å². The molecule has 0 saturated heterocycles. The number of rotatable bonds is 3. The predicted molar refractivity (Wildman–Crippen MR) is 71.9 cm³/mol. The van der Waals surface area contributed by atoms with Gasteiger partial charge in [-0.25, -0.2) is 4.98 Å². The fraction of sp³-hybridized carbons (Fsp3) is 0.692. The van der Waals surface area contributed by atoms with E-state index >= 15 is 0 Å². The highest BCUT2D eigenvalue weighted by atomic mass is 32.1. The number of aliphatic hydroxyl groups is 1. The molecule has 2 N–H and O–H groups in total. The van der Waals surface area contributed by atoms with Gasteiger partial charge in [0.25, 0.3) is 5.91 Å².